The standard InChI is InChI=1S/C12H14N2O/c1-3-8-6-10-9(7-11(8)15-2)4-5-14-12(10)13/h4-7H,3H2,1-2H3,(H2,13,14). The second-order valence-corrected chi connectivity index (χ2v) is 3.43. The molecule has 3 nitrogen and oxygen atoms in total. The summed E-state index contributed by atoms with van der Waals surface area (Å²) >= 11 is 0. The minimum absolute atomic E-state index is 0.574. The van der Waals surface area contributed by atoms with Crippen LogP contribution in [0.4, 0.5) is 5.82 Å². The topological polar surface area (TPSA) is 48.1 Å². The number of hydrogen-bond donors (Lipinski definition) is 1. The molecule has 2 N–H and O–H groups in total. The van der Waals surface area contributed by atoms with Crippen molar-refractivity contribution in [2.45, 2.75) is 13.3 Å². The van der Waals surface area contributed by atoms with Gasteiger partial charge in [0.2, 0.25) is 0 Å². The molecule has 3 heteroatoms. The zero-order valence-electron chi connectivity index (χ0n) is 8.95. The summed E-state index contributed by atoms with van der Waals surface area (Å²) < 4.78 is 5.32. The lowest BCUT2D eigenvalue weighted by atomic mass is 10.1. The molecule has 2 rings (SSSR count). The van der Waals surface area contributed by atoms with Gasteiger partial charge in [0.25, 0.3) is 0 Å². The lowest BCUT2D eigenvalue weighted by Gasteiger charge is -2.09. The number of rotatable bonds is 2. The molecule has 1 heterocycles. The van der Waals surface area contributed by atoms with Crippen LogP contribution < -0.4 is 10.5 Å². The molecular weight excluding hydrogens is 188 g/mol. The third kappa shape index (κ3) is 1.61. The van der Waals surface area contributed by atoms with E-state index in [1.54, 1.807) is 13.3 Å². The SMILES string of the molecule is CCc1cc2c(N)nccc2cc1OC. The summed E-state index contributed by atoms with van der Waals surface area (Å²) in [4.78, 5) is 4.08. The van der Waals surface area contributed by atoms with Gasteiger partial charge in [0.15, 0.2) is 0 Å². The van der Waals surface area contributed by atoms with Crippen LogP contribution in [0, 0.1) is 0 Å². The highest BCUT2D eigenvalue weighted by Gasteiger charge is 2.05. The van der Waals surface area contributed by atoms with Crippen molar-refractivity contribution in [1.29, 1.82) is 0 Å². The van der Waals surface area contributed by atoms with E-state index in [-0.39, 0.29) is 0 Å². The molecule has 15 heavy (non-hydrogen) atoms. The molecule has 0 atom stereocenters. The number of aryl methyl sites for hydroxylation is 1. The molecule has 0 saturated carbocycles. The van der Waals surface area contributed by atoms with E-state index >= 15 is 0 Å². The Morgan fingerprint density at radius 2 is 2.20 bits per heavy atom. The lowest BCUT2D eigenvalue weighted by Crippen LogP contribution is -1.95. The van der Waals surface area contributed by atoms with E-state index < -0.39 is 0 Å². The number of anilines is 1. The van der Waals surface area contributed by atoms with Crippen molar-refractivity contribution in [2.24, 2.45) is 0 Å². The molecule has 0 unspecified atom stereocenters. The fraction of sp³-hybridized carbons (Fsp3) is 0.250. The number of hydrogen-bond acceptors (Lipinski definition) is 3. The van der Waals surface area contributed by atoms with E-state index in [0.29, 0.717) is 5.82 Å². The Kier molecular flexibility index (Phi) is 2.46. The first-order valence-electron chi connectivity index (χ1n) is 4.97. The highest BCUT2D eigenvalue weighted by molar-refractivity contribution is 5.92. The van der Waals surface area contributed by atoms with Gasteiger partial charge in [-0.3, -0.25) is 0 Å². The average molecular weight is 202 g/mol. The quantitative estimate of drug-likeness (QED) is 0.813. The van der Waals surface area contributed by atoms with Gasteiger partial charge in [-0.25, -0.2) is 4.98 Å². The Morgan fingerprint density at radius 3 is 2.87 bits per heavy atom. The van der Waals surface area contributed by atoms with Gasteiger partial charge in [0, 0.05) is 11.6 Å². The molecule has 0 aliphatic rings. The summed E-state index contributed by atoms with van der Waals surface area (Å²) in [6.07, 6.45) is 2.64. The van der Waals surface area contributed by atoms with Gasteiger partial charge < -0.3 is 10.5 Å². The number of ether oxygens (including phenoxy) is 1. The normalized spacial score (nSPS) is 10.5. The van der Waals surface area contributed by atoms with Crippen molar-refractivity contribution in [3.05, 3.63) is 30.0 Å². The molecule has 0 amide bonds. The molecule has 0 aliphatic carbocycles. The van der Waals surface area contributed by atoms with Crippen LogP contribution in [0.1, 0.15) is 12.5 Å². The minimum atomic E-state index is 0.574. The lowest BCUT2D eigenvalue weighted by molar-refractivity contribution is 0.411. The third-order valence-electron chi connectivity index (χ3n) is 2.58. The number of nitrogens with two attached hydrogens (primary N) is 1. The molecule has 0 saturated heterocycles. The Balaban J connectivity index is 2.75. The number of nitrogens with zero attached hydrogens (tertiary/aromatic N) is 1. The van der Waals surface area contributed by atoms with E-state index in [1.807, 2.05) is 12.1 Å². The molecule has 0 bridgehead atoms. The van der Waals surface area contributed by atoms with Crippen molar-refractivity contribution in [1.82, 2.24) is 4.98 Å². The summed E-state index contributed by atoms with van der Waals surface area (Å²) in [6, 6.07) is 6.00. The van der Waals surface area contributed by atoms with Gasteiger partial charge in [-0.1, -0.05) is 6.92 Å². The highest BCUT2D eigenvalue weighted by Crippen LogP contribution is 2.28. The Morgan fingerprint density at radius 1 is 1.40 bits per heavy atom. The van der Waals surface area contributed by atoms with Gasteiger partial charge in [-0.05, 0) is 35.6 Å². The van der Waals surface area contributed by atoms with Crippen LogP contribution in [0.25, 0.3) is 10.8 Å². The van der Waals surface area contributed by atoms with Gasteiger partial charge in [-0.15, -0.1) is 0 Å². The monoisotopic (exact) mass is 202 g/mol. The van der Waals surface area contributed by atoms with Crippen LogP contribution >= 0.6 is 0 Å². The van der Waals surface area contributed by atoms with Crippen molar-refractivity contribution in [2.75, 3.05) is 12.8 Å². The van der Waals surface area contributed by atoms with Gasteiger partial charge in [0.05, 0.1) is 7.11 Å². The Labute approximate surface area is 88.9 Å². The first-order valence-corrected chi connectivity index (χ1v) is 4.97. The third-order valence-corrected chi connectivity index (χ3v) is 2.58. The second-order valence-electron chi connectivity index (χ2n) is 3.43. The first-order chi connectivity index (χ1) is 7.26. The number of benzene rings is 1. The van der Waals surface area contributed by atoms with Gasteiger partial charge in [0.1, 0.15) is 11.6 Å². The summed E-state index contributed by atoms with van der Waals surface area (Å²) in [5.41, 5.74) is 6.98. The van der Waals surface area contributed by atoms with Crippen molar-refractivity contribution in [3.8, 4) is 5.75 Å². The zero-order chi connectivity index (χ0) is 10.8. The summed E-state index contributed by atoms with van der Waals surface area (Å²) in [7, 11) is 1.69. The summed E-state index contributed by atoms with van der Waals surface area (Å²) in [5.74, 6) is 1.49. The molecule has 0 aliphatic heterocycles. The fourth-order valence-corrected chi connectivity index (χ4v) is 1.73. The molecule has 0 fully saturated rings. The maximum Gasteiger partial charge on any atom is 0.131 e. The average Bonchev–Trinajstić information content (AvgIpc) is 2.28. The number of nitrogen functional groups attached to an aromatic ring is 1. The van der Waals surface area contributed by atoms with Gasteiger partial charge >= 0.3 is 0 Å². The van der Waals surface area contributed by atoms with E-state index in [4.69, 9.17) is 10.5 Å². The number of fused-ring (bicyclic) bond motifs is 1. The summed E-state index contributed by atoms with van der Waals surface area (Å²) in [6.45, 7) is 2.09. The van der Waals surface area contributed by atoms with Crippen molar-refractivity contribution >= 4 is 16.6 Å². The molecule has 78 valence electrons. The number of aromatic nitrogens is 1. The Hall–Kier alpha value is -1.77. The minimum Gasteiger partial charge on any atom is -0.496 e. The fourth-order valence-electron chi connectivity index (χ4n) is 1.73. The van der Waals surface area contributed by atoms with Gasteiger partial charge in [-0.2, -0.15) is 0 Å². The van der Waals surface area contributed by atoms with Crippen LogP contribution in [0.2, 0.25) is 0 Å². The number of methoxy groups -OCH3 is 1. The first kappa shape index (κ1) is 9.77. The summed E-state index contributed by atoms with van der Waals surface area (Å²) in [5, 5.41) is 2.06. The maximum atomic E-state index is 5.82. The zero-order valence-corrected chi connectivity index (χ0v) is 8.95. The van der Waals surface area contributed by atoms with Crippen LogP contribution in [0.3, 0.4) is 0 Å². The Bertz CT molecular complexity index is 494. The largest absolute Gasteiger partial charge is 0.496 e. The number of pyridine rings is 1. The van der Waals surface area contributed by atoms with E-state index in [1.165, 1.54) is 0 Å². The van der Waals surface area contributed by atoms with Crippen LogP contribution in [0.5, 0.6) is 5.75 Å². The molecule has 0 spiro atoms. The maximum absolute atomic E-state index is 5.82. The van der Waals surface area contributed by atoms with Crippen LogP contribution in [-0.4, -0.2) is 12.1 Å². The molecule has 1 aromatic heterocycles. The van der Waals surface area contributed by atoms with E-state index in [9.17, 15) is 0 Å². The molecule has 1 aromatic carbocycles. The van der Waals surface area contributed by atoms with Crippen LogP contribution in [-0.2, 0) is 6.42 Å². The second kappa shape index (κ2) is 3.77. The van der Waals surface area contributed by atoms with E-state index in [0.717, 1.165) is 28.5 Å². The smallest absolute Gasteiger partial charge is 0.131 e. The molecular formula is C12H14N2O. The molecule has 2 aromatic rings. The van der Waals surface area contributed by atoms with Crippen molar-refractivity contribution in [3.63, 3.8) is 0 Å². The van der Waals surface area contributed by atoms with Crippen molar-refractivity contribution < 1.29 is 4.74 Å². The predicted octanol–water partition coefficient (Wildman–Crippen LogP) is 2.39. The predicted molar refractivity (Wildman–Crippen MR) is 62.1 cm³/mol. The van der Waals surface area contributed by atoms with E-state index in [2.05, 4.69) is 18.0 Å². The highest BCUT2D eigenvalue weighted by atomic mass is 16.5. The molecule has 0 radical (unpaired) electrons. The van der Waals surface area contributed by atoms with Crippen LogP contribution in [0.15, 0.2) is 24.4 Å².